The van der Waals surface area contributed by atoms with E-state index in [0.717, 1.165) is 41.4 Å². The zero-order chi connectivity index (χ0) is 21.0. The fourth-order valence-corrected chi connectivity index (χ4v) is 4.65. The van der Waals surface area contributed by atoms with Crippen molar-refractivity contribution < 1.29 is 22.8 Å². The van der Waals surface area contributed by atoms with Gasteiger partial charge in [-0.15, -0.1) is 0 Å². The average Bonchev–Trinajstić information content (AvgIpc) is 3.31. The van der Waals surface area contributed by atoms with Crippen molar-refractivity contribution in [1.82, 2.24) is 14.9 Å². The molecular formula is C21H24F3N3O2. The third-order valence-electron chi connectivity index (χ3n) is 6.38. The molecule has 5 nitrogen and oxygen atoms in total. The van der Waals surface area contributed by atoms with Gasteiger partial charge in [-0.2, -0.15) is 13.2 Å². The van der Waals surface area contributed by atoms with Crippen LogP contribution in [0, 0.1) is 19.8 Å². The predicted octanol–water partition coefficient (Wildman–Crippen LogP) is 4.08. The molecule has 1 aliphatic carbocycles. The maximum atomic E-state index is 14.3. The number of carbonyl (C=O) groups excluding carboxylic acids is 2. The maximum absolute atomic E-state index is 14.3. The molecule has 0 spiro atoms. The van der Waals surface area contributed by atoms with Gasteiger partial charge in [-0.05, 0) is 49.4 Å². The Bertz CT molecular complexity index is 989. The monoisotopic (exact) mass is 407 g/mol. The van der Waals surface area contributed by atoms with Crippen molar-refractivity contribution in [2.75, 3.05) is 0 Å². The van der Waals surface area contributed by atoms with Gasteiger partial charge in [-0.1, -0.05) is 25.7 Å². The van der Waals surface area contributed by atoms with Crippen LogP contribution >= 0.6 is 0 Å². The van der Waals surface area contributed by atoms with Crippen LogP contribution in [-0.2, 0) is 21.7 Å². The van der Waals surface area contributed by atoms with E-state index in [-0.39, 0.29) is 17.8 Å². The fraction of sp³-hybridized carbons (Fsp3) is 0.571. The third kappa shape index (κ3) is 3.13. The number of amides is 1. The van der Waals surface area contributed by atoms with Gasteiger partial charge < -0.3 is 5.32 Å². The Morgan fingerprint density at radius 1 is 1.24 bits per heavy atom. The fourth-order valence-electron chi connectivity index (χ4n) is 4.65. The summed E-state index contributed by atoms with van der Waals surface area (Å²) >= 11 is 0. The smallest absolute Gasteiger partial charge is 0.319 e. The number of nitrogens with zero attached hydrogens (tertiary/aromatic N) is 2. The van der Waals surface area contributed by atoms with E-state index in [2.05, 4.69) is 10.3 Å². The number of nitrogens with one attached hydrogen (secondary N) is 1. The van der Waals surface area contributed by atoms with Crippen molar-refractivity contribution in [2.24, 2.45) is 5.92 Å². The highest BCUT2D eigenvalue weighted by atomic mass is 19.4. The molecule has 1 unspecified atom stereocenters. The van der Waals surface area contributed by atoms with E-state index in [0.29, 0.717) is 17.9 Å². The van der Waals surface area contributed by atoms with Crippen molar-refractivity contribution in [1.29, 1.82) is 0 Å². The molecule has 0 bridgehead atoms. The molecule has 1 aromatic heterocycles. The number of aromatic nitrogens is 2. The lowest BCUT2D eigenvalue weighted by molar-refractivity contribution is -0.218. The average molecular weight is 407 g/mol. The van der Waals surface area contributed by atoms with Crippen LogP contribution in [0.4, 0.5) is 13.2 Å². The lowest BCUT2D eigenvalue weighted by Crippen LogP contribution is -2.62. The summed E-state index contributed by atoms with van der Waals surface area (Å²) in [7, 11) is 0. The number of fused-ring (bicyclic) bond motifs is 3. The van der Waals surface area contributed by atoms with Crippen LogP contribution in [0.5, 0.6) is 0 Å². The third-order valence-corrected chi connectivity index (χ3v) is 6.38. The van der Waals surface area contributed by atoms with Gasteiger partial charge in [-0.3, -0.25) is 14.2 Å². The molecule has 156 valence electrons. The van der Waals surface area contributed by atoms with Crippen LogP contribution in [0.15, 0.2) is 12.1 Å². The Hall–Kier alpha value is -2.38. The van der Waals surface area contributed by atoms with Gasteiger partial charge >= 0.3 is 6.18 Å². The van der Waals surface area contributed by atoms with E-state index >= 15 is 0 Å². The van der Waals surface area contributed by atoms with Crippen LogP contribution < -0.4 is 5.32 Å². The molecule has 2 aromatic rings. The number of hydrogen-bond donors (Lipinski definition) is 1. The van der Waals surface area contributed by atoms with Crippen molar-refractivity contribution in [3.8, 4) is 0 Å². The van der Waals surface area contributed by atoms with E-state index in [1.54, 1.807) is 19.1 Å². The quantitative estimate of drug-likeness (QED) is 0.831. The molecule has 2 aliphatic rings. The zero-order valence-corrected chi connectivity index (χ0v) is 16.5. The number of alkyl halides is 3. The van der Waals surface area contributed by atoms with E-state index in [4.69, 9.17) is 0 Å². The first-order valence-corrected chi connectivity index (χ1v) is 10.0. The summed E-state index contributed by atoms with van der Waals surface area (Å²) in [6.45, 7) is 3.65. The number of rotatable bonds is 4. The molecule has 1 aromatic carbocycles. The SMILES string of the molecule is Cc1cc2nc3n(c2cc1C)C(NC(=O)CCC1CCCC1)(C(F)(F)F)C(=O)C3. The number of halogens is 3. The summed E-state index contributed by atoms with van der Waals surface area (Å²) in [5.41, 5.74) is -0.792. The van der Waals surface area contributed by atoms with Gasteiger partial charge in [0.25, 0.3) is 5.66 Å². The van der Waals surface area contributed by atoms with Gasteiger partial charge in [0.05, 0.1) is 17.5 Å². The molecule has 1 atom stereocenters. The second kappa shape index (κ2) is 6.85. The summed E-state index contributed by atoms with van der Waals surface area (Å²) in [5, 5.41) is 2.08. The number of benzene rings is 1. The predicted molar refractivity (Wildman–Crippen MR) is 101 cm³/mol. The lowest BCUT2D eigenvalue weighted by Gasteiger charge is -2.33. The summed E-state index contributed by atoms with van der Waals surface area (Å²) in [4.78, 5) is 29.5. The number of carbonyl (C=O) groups is 2. The lowest BCUT2D eigenvalue weighted by atomic mass is 10.00. The Morgan fingerprint density at radius 2 is 1.90 bits per heavy atom. The summed E-state index contributed by atoms with van der Waals surface area (Å²) < 4.78 is 43.9. The van der Waals surface area contributed by atoms with E-state index in [1.165, 1.54) is 0 Å². The minimum Gasteiger partial charge on any atom is -0.319 e. The van der Waals surface area contributed by atoms with Gasteiger partial charge in [0.15, 0.2) is 5.78 Å². The number of ketones is 1. The van der Waals surface area contributed by atoms with Crippen molar-refractivity contribution in [3.05, 3.63) is 29.1 Å². The van der Waals surface area contributed by atoms with Crippen molar-refractivity contribution in [2.45, 2.75) is 70.6 Å². The number of imidazole rings is 1. The first-order chi connectivity index (χ1) is 13.6. The van der Waals surface area contributed by atoms with Crippen LogP contribution in [0.25, 0.3) is 11.0 Å². The molecule has 1 N–H and O–H groups in total. The van der Waals surface area contributed by atoms with Crippen molar-refractivity contribution in [3.63, 3.8) is 0 Å². The highest BCUT2D eigenvalue weighted by Crippen LogP contribution is 2.44. The maximum Gasteiger partial charge on any atom is 0.438 e. The minimum absolute atomic E-state index is 0.0180. The molecule has 1 aliphatic heterocycles. The Kier molecular flexibility index (Phi) is 4.70. The van der Waals surface area contributed by atoms with Gasteiger partial charge in [0, 0.05) is 6.42 Å². The Morgan fingerprint density at radius 3 is 2.55 bits per heavy atom. The number of hydrogen-bond acceptors (Lipinski definition) is 3. The molecule has 1 amide bonds. The Labute approximate surface area is 166 Å². The van der Waals surface area contributed by atoms with Crippen LogP contribution in [0.3, 0.4) is 0 Å². The van der Waals surface area contributed by atoms with Crippen LogP contribution in [-0.4, -0.2) is 27.4 Å². The molecule has 2 heterocycles. The van der Waals surface area contributed by atoms with E-state index in [1.807, 2.05) is 6.92 Å². The standard InChI is InChI=1S/C21H24F3N3O2/c1-12-9-15-16(10-13(12)2)27-18(25-15)11-17(28)20(27,21(22,23)24)26-19(29)8-7-14-5-3-4-6-14/h9-10,14H,3-8,11H2,1-2H3,(H,26,29). The van der Waals surface area contributed by atoms with E-state index in [9.17, 15) is 22.8 Å². The number of aryl methyl sites for hydroxylation is 2. The van der Waals surface area contributed by atoms with Gasteiger partial charge in [0.1, 0.15) is 5.82 Å². The molecule has 4 rings (SSSR count). The number of Topliss-reactive ketones (excluding diaryl/α,β-unsaturated/α-hetero) is 1. The molecule has 0 saturated heterocycles. The topological polar surface area (TPSA) is 64.0 Å². The molecule has 1 saturated carbocycles. The van der Waals surface area contributed by atoms with Crippen molar-refractivity contribution >= 4 is 22.7 Å². The van der Waals surface area contributed by atoms with E-state index < -0.39 is 30.0 Å². The summed E-state index contributed by atoms with van der Waals surface area (Å²) in [6.07, 6.45) is -0.711. The molecule has 1 fully saturated rings. The van der Waals surface area contributed by atoms with Crippen LogP contribution in [0.2, 0.25) is 0 Å². The first-order valence-electron chi connectivity index (χ1n) is 10.0. The first kappa shape index (κ1) is 19.9. The Balaban J connectivity index is 1.74. The summed E-state index contributed by atoms with van der Waals surface area (Å²) in [5.74, 6) is -1.44. The highest BCUT2D eigenvalue weighted by molar-refractivity contribution is 5.98. The zero-order valence-electron chi connectivity index (χ0n) is 16.5. The second-order valence-corrected chi connectivity index (χ2v) is 8.33. The highest BCUT2D eigenvalue weighted by Gasteiger charge is 2.66. The normalized spacial score (nSPS) is 22.4. The van der Waals surface area contributed by atoms with Crippen LogP contribution in [0.1, 0.15) is 55.5 Å². The minimum atomic E-state index is -4.98. The van der Waals surface area contributed by atoms with Gasteiger partial charge in [0.2, 0.25) is 5.91 Å². The largest absolute Gasteiger partial charge is 0.438 e. The molecule has 8 heteroatoms. The second-order valence-electron chi connectivity index (χ2n) is 8.33. The van der Waals surface area contributed by atoms with Gasteiger partial charge in [-0.25, -0.2) is 4.98 Å². The molecular weight excluding hydrogens is 383 g/mol. The molecule has 29 heavy (non-hydrogen) atoms. The molecule has 0 radical (unpaired) electrons. The summed E-state index contributed by atoms with van der Waals surface area (Å²) in [6, 6.07) is 3.31.